The zero-order valence-electron chi connectivity index (χ0n) is 13.4. The fourth-order valence-corrected chi connectivity index (χ4v) is 2.88. The van der Waals surface area contributed by atoms with E-state index in [9.17, 15) is 4.79 Å². The van der Waals surface area contributed by atoms with Crippen molar-refractivity contribution in [3.8, 4) is 0 Å². The van der Waals surface area contributed by atoms with E-state index in [1.54, 1.807) is 0 Å². The standard InChI is InChI=1S/C15H31N3O/c1-11(2)17-14(19)16-10-15(5,6)18-8-12(3)7-13(4)9-18/h11-13H,7-10H2,1-6H3,(H2,16,17,19)/t12-,13-/m1/s1. The molecule has 4 heteroatoms. The van der Waals surface area contributed by atoms with Crippen LogP contribution >= 0.6 is 0 Å². The molecule has 1 fully saturated rings. The lowest BCUT2D eigenvalue weighted by Crippen LogP contribution is -2.57. The zero-order valence-corrected chi connectivity index (χ0v) is 13.4. The van der Waals surface area contributed by atoms with Crippen LogP contribution in [0.5, 0.6) is 0 Å². The summed E-state index contributed by atoms with van der Waals surface area (Å²) in [7, 11) is 0. The molecule has 112 valence electrons. The molecule has 0 unspecified atom stereocenters. The SMILES string of the molecule is CC(C)NC(=O)NCC(C)(C)N1C[C@H](C)C[C@@H](C)C1. The number of hydrogen-bond acceptors (Lipinski definition) is 2. The summed E-state index contributed by atoms with van der Waals surface area (Å²) >= 11 is 0. The van der Waals surface area contributed by atoms with Crippen LogP contribution in [0.4, 0.5) is 4.79 Å². The van der Waals surface area contributed by atoms with Gasteiger partial charge in [0.25, 0.3) is 0 Å². The van der Waals surface area contributed by atoms with Crippen molar-refractivity contribution in [2.45, 2.75) is 59.5 Å². The van der Waals surface area contributed by atoms with Gasteiger partial charge in [-0.25, -0.2) is 4.79 Å². The number of piperidine rings is 1. The average Bonchev–Trinajstić information content (AvgIpc) is 2.24. The first-order valence-corrected chi connectivity index (χ1v) is 7.50. The van der Waals surface area contributed by atoms with Crippen molar-refractivity contribution in [3.05, 3.63) is 0 Å². The van der Waals surface area contributed by atoms with Gasteiger partial charge in [0.05, 0.1) is 0 Å². The fourth-order valence-electron chi connectivity index (χ4n) is 2.88. The Morgan fingerprint density at radius 3 is 2.26 bits per heavy atom. The van der Waals surface area contributed by atoms with Gasteiger partial charge in [0.2, 0.25) is 0 Å². The van der Waals surface area contributed by atoms with Crippen molar-refractivity contribution in [2.75, 3.05) is 19.6 Å². The molecule has 19 heavy (non-hydrogen) atoms. The molecule has 0 aromatic heterocycles. The van der Waals surface area contributed by atoms with Crippen LogP contribution < -0.4 is 10.6 Å². The quantitative estimate of drug-likeness (QED) is 0.823. The van der Waals surface area contributed by atoms with E-state index in [0.29, 0.717) is 6.54 Å². The lowest BCUT2D eigenvalue weighted by Gasteiger charge is -2.45. The van der Waals surface area contributed by atoms with E-state index in [4.69, 9.17) is 0 Å². The normalized spacial score (nSPS) is 25.4. The zero-order chi connectivity index (χ0) is 14.6. The van der Waals surface area contributed by atoms with E-state index >= 15 is 0 Å². The number of carbonyl (C=O) groups is 1. The average molecular weight is 269 g/mol. The van der Waals surface area contributed by atoms with E-state index in [2.05, 4.69) is 43.2 Å². The molecular formula is C15H31N3O. The van der Waals surface area contributed by atoms with Crippen molar-refractivity contribution in [1.29, 1.82) is 0 Å². The molecule has 0 saturated carbocycles. The maximum Gasteiger partial charge on any atom is 0.315 e. The Morgan fingerprint density at radius 1 is 1.26 bits per heavy atom. The highest BCUT2D eigenvalue weighted by molar-refractivity contribution is 5.74. The van der Waals surface area contributed by atoms with Gasteiger partial charge in [-0.2, -0.15) is 0 Å². The number of hydrogen-bond donors (Lipinski definition) is 2. The van der Waals surface area contributed by atoms with Crippen molar-refractivity contribution < 1.29 is 4.79 Å². The molecule has 2 atom stereocenters. The van der Waals surface area contributed by atoms with Crippen LogP contribution in [0, 0.1) is 11.8 Å². The van der Waals surface area contributed by atoms with Crippen LogP contribution in [0.1, 0.15) is 48.0 Å². The maximum atomic E-state index is 11.7. The molecule has 1 aliphatic heterocycles. The third kappa shape index (κ3) is 5.39. The van der Waals surface area contributed by atoms with E-state index in [-0.39, 0.29) is 17.6 Å². The third-order valence-corrected chi connectivity index (χ3v) is 3.83. The van der Waals surface area contributed by atoms with Gasteiger partial charge in [-0.15, -0.1) is 0 Å². The van der Waals surface area contributed by atoms with Gasteiger partial charge >= 0.3 is 6.03 Å². The van der Waals surface area contributed by atoms with Gasteiger partial charge in [0.15, 0.2) is 0 Å². The predicted octanol–water partition coefficient (Wildman–Crippen LogP) is 2.45. The summed E-state index contributed by atoms with van der Waals surface area (Å²) in [6, 6.07) is 0.110. The number of urea groups is 1. The predicted molar refractivity (Wildman–Crippen MR) is 80.3 cm³/mol. The number of rotatable bonds is 4. The lowest BCUT2D eigenvalue weighted by molar-refractivity contribution is 0.0472. The minimum Gasteiger partial charge on any atom is -0.336 e. The molecule has 1 saturated heterocycles. The molecule has 4 nitrogen and oxygen atoms in total. The van der Waals surface area contributed by atoms with E-state index < -0.39 is 0 Å². The first-order chi connectivity index (χ1) is 8.70. The number of carbonyl (C=O) groups excluding carboxylic acids is 1. The second-order valence-corrected chi connectivity index (χ2v) is 7.15. The number of amides is 2. The summed E-state index contributed by atoms with van der Waals surface area (Å²) in [5.41, 5.74) is 0.0112. The monoisotopic (exact) mass is 269 g/mol. The molecule has 1 rings (SSSR count). The van der Waals surface area contributed by atoms with Crippen LogP contribution in [0.25, 0.3) is 0 Å². The number of nitrogens with zero attached hydrogens (tertiary/aromatic N) is 1. The van der Waals surface area contributed by atoms with Crippen molar-refractivity contribution >= 4 is 6.03 Å². The third-order valence-electron chi connectivity index (χ3n) is 3.83. The van der Waals surface area contributed by atoms with Crippen LogP contribution in [-0.4, -0.2) is 42.1 Å². The Morgan fingerprint density at radius 2 is 1.79 bits per heavy atom. The Bertz CT molecular complexity index is 292. The molecule has 0 aromatic rings. The summed E-state index contributed by atoms with van der Waals surface area (Å²) < 4.78 is 0. The molecule has 0 aliphatic carbocycles. The Labute approximate surface area is 118 Å². The minimum atomic E-state index is -0.0684. The van der Waals surface area contributed by atoms with Crippen LogP contribution in [0.2, 0.25) is 0 Å². The van der Waals surface area contributed by atoms with Gasteiger partial charge in [-0.3, -0.25) is 4.90 Å². The minimum absolute atomic E-state index is 0.0112. The summed E-state index contributed by atoms with van der Waals surface area (Å²) in [6.45, 7) is 16.0. The van der Waals surface area contributed by atoms with Gasteiger partial charge < -0.3 is 10.6 Å². The number of likely N-dealkylation sites (tertiary alicyclic amines) is 1. The van der Waals surface area contributed by atoms with Crippen LogP contribution in [-0.2, 0) is 0 Å². The largest absolute Gasteiger partial charge is 0.336 e. The summed E-state index contributed by atoms with van der Waals surface area (Å²) in [5, 5.41) is 5.86. The fraction of sp³-hybridized carbons (Fsp3) is 0.933. The second-order valence-electron chi connectivity index (χ2n) is 7.15. The van der Waals surface area contributed by atoms with E-state index in [1.807, 2.05) is 13.8 Å². The molecule has 1 heterocycles. The summed E-state index contributed by atoms with van der Waals surface area (Å²) in [6.07, 6.45) is 1.31. The van der Waals surface area contributed by atoms with Gasteiger partial charge in [-0.1, -0.05) is 13.8 Å². The smallest absolute Gasteiger partial charge is 0.315 e. The summed E-state index contributed by atoms with van der Waals surface area (Å²) in [5.74, 6) is 1.49. The highest BCUT2D eigenvalue weighted by Gasteiger charge is 2.32. The van der Waals surface area contributed by atoms with Gasteiger partial charge in [0.1, 0.15) is 0 Å². The Hall–Kier alpha value is -0.770. The number of nitrogens with one attached hydrogen (secondary N) is 2. The van der Waals surface area contributed by atoms with Crippen LogP contribution in [0.3, 0.4) is 0 Å². The second kappa shape index (κ2) is 6.60. The lowest BCUT2D eigenvalue weighted by atomic mass is 9.88. The van der Waals surface area contributed by atoms with Crippen molar-refractivity contribution in [2.24, 2.45) is 11.8 Å². The topological polar surface area (TPSA) is 44.4 Å². The molecule has 0 bridgehead atoms. The molecule has 0 radical (unpaired) electrons. The maximum absolute atomic E-state index is 11.7. The van der Waals surface area contributed by atoms with Crippen molar-refractivity contribution in [3.63, 3.8) is 0 Å². The Balaban J connectivity index is 2.48. The first kappa shape index (κ1) is 16.3. The van der Waals surface area contributed by atoms with Crippen molar-refractivity contribution in [1.82, 2.24) is 15.5 Å². The molecule has 2 amide bonds. The van der Waals surface area contributed by atoms with E-state index in [1.165, 1.54) is 6.42 Å². The van der Waals surface area contributed by atoms with Crippen LogP contribution in [0.15, 0.2) is 0 Å². The van der Waals surface area contributed by atoms with E-state index in [0.717, 1.165) is 24.9 Å². The highest BCUT2D eigenvalue weighted by atomic mass is 16.2. The van der Waals surface area contributed by atoms with Gasteiger partial charge in [-0.05, 0) is 46.0 Å². The summed E-state index contributed by atoms with van der Waals surface area (Å²) in [4.78, 5) is 14.2. The molecule has 0 aromatic carbocycles. The molecule has 2 N–H and O–H groups in total. The Kier molecular flexibility index (Phi) is 5.65. The first-order valence-electron chi connectivity index (χ1n) is 7.50. The molecule has 1 aliphatic rings. The molecule has 0 spiro atoms. The molecular weight excluding hydrogens is 238 g/mol. The highest BCUT2D eigenvalue weighted by Crippen LogP contribution is 2.26. The van der Waals surface area contributed by atoms with Gasteiger partial charge in [0, 0.05) is 31.2 Å².